The number of nitro groups is 1. The molecule has 8 heteroatoms. The second-order valence-corrected chi connectivity index (χ2v) is 3.52. The molecule has 0 aliphatic carbocycles. The summed E-state index contributed by atoms with van der Waals surface area (Å²) >= 11 is 0. The van der Waals surface area contributed by atoms with Gasteiger partial charge in [0.2, 0.25) is 0 Å². The zero-order chi connectivity index (χ0) is 13.1. The first-order valence-electron chi connectivity index (χ1n) is 5.07. The van der Waals surface area contributed by atoms with E-state index in [2.05, 4.69) is 10.1 Å². The van der Waals surface area contributed by atoms with Gasteiger partial charge >= 0.3 is 0 Å². The van der Waals surface area contributed by atoms with Gasteiger partial charge in [-0.1, -0.05) is 17.3 Å². The van der Waals surface area contributed by atoms with Crippen LogP contribution >= 0.6 is 0 Å². The van der Waals surface area contributed by atoms with Crippen molar-refractivity contribution in [1.29, 1.82) is 0 Å². The number of para-hydroxylation sites is 1. The summed E-state index contributed by atoms with van der Waals surface area (Å²) in [6, 6.07) is 5.23. The lowest BCUT2D eigenvalue weighted by atomic mass is 10.2. The van der Waals surface area contributed by atoms with Crippen LogP contribution in [0.4, 0.5) is 5.69 Å². The highest BCUT2D eigenvalue weighted by atomic mass is 16.6. The molecule has 0 spiro atoms. The van der Waals surface area contributed by atoms with Crippen molar-refractivity contribution in [2.24, 2.45) is 5.73 Å². The first-order chi connectivity index (χ1) is 8.63. The fraction of sp³-hybridized carbons (Fsp3) is 0.200. The van der Waals surface area contributed by atoms with Gasteiger partial charge in [0.15, 0.2) is 5.82 Å². The molecule has 2 aromatic rings. The maximum absolute atomic E-state index is 10.8. The van der Waals surface area contributed by atoms with E-state index < -0.39 is 11.0 Å². The summed E-state index contributed by atoms with van der Waals surface area (Å²) < 4.78 is 4.91. The number of aromatic nitrogens is 2. The number of benzene rings is 1. The van der Waals surface area contributed by atoms with E-state index in [4.69, 9.17) is 15.4 Å². The van der Waals surface area contributed by atoms with Gasteiger partial charge in [-0.05, 0) is 6.07 Å². The Morgan fingerprint density at radius 1 is 1.50 bits per heavy atom. The average Bonchev–Trinajstić information content (AvgIpc) is 2.87. The van der Waals surface area contributed by atoms with Crippen LogP contribution in [0.15, 0.2) is 28.8 Å². The first-order valence-corrected chi connectivity index (χ1v) is 5.07. The highest BCUT2D eigenvalue weighted by Crippen LogP contribution is 2.28. The van der Waals surface area contributed by atoms with E-state index in [1.165, 1.54) is 12.1 Å². The summed E-state index contributed by atoms with van der Waals surface area (Å²) in [5.74, 6) is 0.104. The SMILES string of the molecule is NC(CO)c1noc(-c2ccccc2[N+](=O)[O-])n1. The molecule has 3 N–H and O–H groups in total. The van der Waals surface area contributed by atoms with Crippen molar-refractivity contribution in [3.05, 3.63) is 40.2 Å². The summed E-state index contributed by atoms with van der Waals surface area (Å²) in [5.41, 5.74) is 5.59. The lowest BCUT2D eigenvalue weighted by molar-refractivity contribution is -0.384. The zero-order valence-electron chi connectivity index (χ0n) is 9.18. The van der Waals surface area contributed by atoms with Gasteiger partial charge in [0.25, 0.3) is 11.6 Å². The van der Waals surface area contributed by atoms with Crippen LogP contribution in [0, 0.1) is 10.1 Å². The predicted octanol–water partition coefficient (Wildman–Crippen LogP) is 0.637. The van der Waals surface area contributed by atoms with Gasteiger partial charge in [0.05, 0.1) is 17.6 Å². The van der Waals surface area contributed by atoms with Crippen molar-refractivity contribution in [2.75, 3.05) is 6.61 Å². The van der Waals surface area contributed by atoms with E-state index in [9.17, 15) is 10.1 Å². The Bertz CT molecular complexity index is 569. The molecule has 0 bridgehead atoms. The highest BCUT2D eigenvalue weighted by Gasteiger charge is 2.21. The van der Waals surface area contributed by atoms with E-state index in [0.717, 1.165) is 0 Å². The molecular weight excluding hydrogens is 240 g/mol. The number of nitrogens with zero attached hydrogens (tertiary/aromatic N) is 3. The summed E-state index contributed by atoms with van der Waals surface area (Å²) in [4.78, 5) is 14.2. The van der Waals surface area contributed by atoms with Crippen molar-refractivity contribution < 1.29 is 14.6 Å². The smallest absolute Gasteiger partial charge is 0.282 e. The van der Waals surface area contributed by atoms with Crippen LogP contribution in [0.5, 0.6) is 0 Å². The predicted molar refractivity (Wildman–Crippen MR) is 60.4 cm³/mol. The van der Waals surface area contributed by atoms with Crippen LogP contribution in [0.25, 0.3) is 11.5 Å². The molecule has 2 rings (SSSR count). The summed E-state index contributed by atoms with van der Waals surface area (Å²) in [7, 11) is 0. The largest absolute Gasteiger partial charge is 0.394 e. The summed E-state index contributed by atoms with van der Waals surface area (Å²) in [5, 5.41) is 23.3. The molecule has 18 heavy (non-hydrogen) atoms. The van der Waals surface area contributed by atoms with Crippen molar-refractivity contribution >= 4 is 5.69 Å². The van der Waals surface area contributed by atoms with Crippen molar-refractivity contribution in [3.8, 4) is 11.5 Å². The van der Waals surface area contributed by atoms with E-state index in [1.54, 1.807) is 12.1 Å². The minimum atomic E-state index is -0.773. The van der Waals surface area contributed by atoms with Crippen molar-refractivity contribution in [1.82, 2.24) is 10.1 Å². The average molecular weight is 250 g/mol. The zero-order valence-corrected chi connectivity index (χ0v) is 9.18. The quantitative estimate of drug-likeness (QED) is 0.601. The van der Waals surface area contributed by atoms with Gasteiger partial charge < -0.3 is 15.4 Å². The van der Waals surface area contributed by atoms with E-state index in [0.29, 0.717) is 0 Å². The third-order valence-electron chi connectivity index (χ3n) is 2.30. The number of hydrogen-bond donors (Lipinski definition) is 2. The van der Waals surface area contributed by atoms with Gasteiger partial charge in [-0.3, -0.25) is 10.1 Å². The maximum Gasteiger partial charge on any atom is 0.282 e. The Morgan fingerprint density at radius 3 is 2.89 bits per heavy atom. The molecule has 94 valence electrons. The Morgan fingerprint density at radius 2 is 2.22 bits per heavy atom. The van der Waals surface area contributed by atoms with Gasteiger partial charge in [0, 0.05) is 6.07 Å². The number of nitro benzene ring substituents is 1. The molecule has 1 atom stereocenters. The van der Waals surface area contributed by atoms with Gasteiger partial charge in [-0.25, -0.2) is 0 Å². The number of aliphatic hydroxyl groups is 1. The van der Waals surface area contributed by atoms with Gasteiger partial charge in [-0.15, -0.1) is 0 Å². The minimum Gasteiger partial charge on any atom is -0.394 e. The molecular formula is C10H10N4O4. The maximum atomic E-state index is 10.8. The molecule has 0 radical (unpaired) electrons. The highest BCUT2D eigenvalue weighted by molar-refractivity contribution is 5.66. The molecule has 0 fully saturated rings. The van der Waals surface area contributed by atoms with E-state index in [-0.39, 0.29) is 29.6 Å². The standard InChI is InChI=1S/C10H10N4O4/c11-7(5-15)9-12-10(18-13-9)6-3-1-2-4-8(6)14(16)17/h1-4,7,15H,5,11H2. The van der Waals surface area contributed by atoms with Crippen LogP contribution in [0.3, 0.4) is 0 Å². The summed E-state index contributed by atoms with van der Waals surface area (Å²) in [6.07, 6.45) is 0. The lowest BCUT2D eigenvalue weighted by Crippen LogP contribution is -2.15. The molecule has 8 nitrogen and oxygen atoms in total. The van der Waals surface area contributed by atoms with E-state index >= 15 is 0 Å². The third kappa shape index (κ3) is 2.19. The molecule has 0 aliphatic rings. The van der Waals surface area contributed by atoms with Crippen LogP contribution < -0.4 is 5.73 Å². The molecule has 0 amide bonds. The van der Waals surface area contributed by atoms with Crippen LogP contribution in [-0.4, -0.2) is 26.8 Å². The fourth-order valence-electron chi connectivity index (χ4n) is 1.39. The van der Waals surface area contributed by atoms with Gasteiger partial charge in [0.1, 0.15) is 5.56 Å². The molecule has 1 unspecified atom stereocenters. The number of nitrogens with two attached hydrogens (primary N) is 1. The van der Waals surface area contributed by atoms with Crippen molar-refractivity contribution in [2.45, 2.75) is 6.04 Å². The second-order valence-electron chi connectivity index (χ2n) is 3.52. The number of aliphatic hydroxyl groups excluding tert-OH is 1. The first kappa shape index (κ1) is 12.1. The van der Waals surface area contributed by atoms with Crippen molar-refractivity contribution in [3.63, 3.8) is 0 Å². The lowest BCUT2D eigenvalue weighted by Gasteiger charge is -1.99. The third-order valence-corrected chi connectivity index (χ3v) is 2.30. The molecule has 0 saturated carbocycles. The van der Waals surface area contributed by atoms with Crippen LogP contribution in [0.2, 0.25) is 0 Å². The molecule has 1 aromatic carbocycles. The monoisotopic (exact) mass is 250 g/mol. The van der Waals surface area contributed by atoms with Crippen LogP contribution in [-0.2, 0) is 0 Å². The molecule has 1 aromatic heterocycles. The summed E-state index contributed by atoms with van der Waals surface area (Å²) in [6.45, 7) is -0.337. The molecule has 0 aliphatic heterocycles. The Kier molecular flexibility index (Phi) is 3.31. The minimum absolute atomic E-state index is 0.00111. The Labute approximate surface area is 101 Å². The Hall–Kier alpha value is -2.32. The Balaban J connectivity index is 2.43. The van der Waals surface area contributed by atoms with Crippen LogP contribution in [0.1, 0.15) is 11.9 Å². The topological polar surface area (TPSA) is 128 Å². The second kappa shape index (κ2) is 4.90. The molecule has 1 heterocycles. The van der Waals surface area contributed by atoms with Gasteiger partial charge in [-0.2, -0.15) is 4.98 Å². The normalized spacial score (nSPS) is 12.3. The molecule has 0 saturated heterocycles. The number of hydrogen-bond acceptors (Lipinski definition) is 7. The fourth-order valence-corrected chi connectivity index (χ4v) is 1.39. The van der Waals surface area contributed by atoms with E-state index in [1.807, 2.05) is 0 Å². The number of rotatable bonds is 4.